The molecule has 0 saturated carbocycles. The van der Waals surface area contributed by atoms with E-state index in [9.17, 15) is 8.42 Å². The predicted molar refractivity (Wildman–Crippen MR) is 94.4 cm³/mol. The second kappa shape index (κ2) is 7.78. The molecule has 5 nitrogen and oxygen atoms in total. The molecule has 0 aliphatic carbocycles. The first-order chi connectivity index (χ1) is 11.1. The maximum Gasteiger partial charge on any atom is 0.276 e. The van der Waals surface area contributed by atoms with Crippen LogP contribution in [-0.2, 0) is 10.0 Å². The molecule has 2 aromatic rings. The van der Waals surface area contributed by atoms with Crippen LogP contribution in [0.3, 0.4) is 0 Å². The fourth-order valence-corrected chi connectivity index (χ4v) is 2.99. The largest absolute Gasteiger partial charge is 0.372 e. The first-order valence-electron chi connectivity index (χ1n) is 7.51. The number of sulfonamides is 1. The number of hydrogen-bond donors (Lipinski definition) is 1. The van der Waals surface area contributed by atoms with Crippen LogP contribution in [0.2, 0.25) is 0 Å². The number of anilines is 1. The number of rotatable bonds is 7. The highest BCUT2D eigenvalue weighted by Crippen LogP contribution is 2.14. The van der Waals surface area contributed by atoms with E-state index in [1.54, 1.807) is 18.2 Å². The molecule has 1 N–H and O–H groups in total. The Morgan fingerprint density at radius 3 is 2.17 bits per heavy atom. The number of hydrazone groups is 1. The topological polar surface area (TPSA) is 61.8 Å². The minimum absolute atomic E-state index is 0.189. The second-order valence-electron chi connectivity index (χ2n) is 4.93. The fraction of sp³-hybridized carbons (Fsp3) is 0.235. The quantitative estimate of drug-likeness (QED) is 0.627. The summed E-state index contributed by atoms with van der Waals surface area (Å²) < 4.78 is 24.0. The van der Waals surface area contributed by atoms with Gasteiger partial charge in [-0.2, -0.15) is 13.5 Å². The Balaban J connectivity index is 2.04. The Labute approximate surface area is 137 Å². The van der Waals surface area contributed by atoms with Crippen LogP contribution in [0.15, 0.2) is 64.6 Å². The van der Waals surface area contributed by atoms with E-state index in [0.717, 1.165) is 24.3 Å². The van der Waals surface area contributed by atoms with Crippen molar-refractivity contribution in [1.82, 2.24) is 4.83 Å². The van der Waals surface area contributed by atoms with Gasteiger partial charge in [0.05, 0.1) is 11.1 Å². The van der Waals surface area contributed by atoms with Crippen LogP contribution in [0, 0.1) is 0 Å². The van der Waals surface area contributed by atoms with Gasteiger partial charge in [-0.15, -0.1) is 0 Å². The van der Waals surface area contributed by atoms with E-state index in [2.05, 4.69) is 28.7 Å². The van der Waals surface area contributed by atoms with Crippen molar-refractivity contribution < 1.29 is 8.42 Å². The number of nitrogens with one attached hydrogen (secondary N) is 1. The summed E-state index contributed by atoms with van der Waals surface area (Å²) in [7, 11) is -3.62. The third-order valence-corrected chi connectivity index (χ3v) is 4.70. The molecule has 0 fully saturated rings. The summed E-state index contributed by atoms with van der Waals surface area (Å²) in [5.41, 5.74) is 1.97. The first kappa shape index (κ1) is 17.0. The van der Waals surface area contributed by atoms with Crippen molar-refractivity contribution in [1.29, 1.82) is 0 Å². The lowest BCUT2D eigenvalue weighted by molar-refractivity contribution is 0.584. The normalized spacial score (nSPS) is 11.6. The van der Waals surface area contributed by atoms with Gasteiger partial charge in [0.1, 0.15) is 0 Å². The van der Waals surface area contributed by atoms with Crippen molar-refractivity contribution >= 4 is 21.9 Å². The molecule has 0 radical (unpaired) electrons. The summed E-state index contributed by atoms with van der Waals surface area (Å²) in [6.07, 6.45) is 1.49. The van der Waals surface area contributed by atoms with Gasteiger partial charge >= 0.3 is 0 Å². The molecule has 0 aliphatic rings. The van der Waals surface area contributed by atoms with Gasteiger partial charge in [0.25, 0.3) is 10.0 Å². The fourth-order valence-electron chi connectivity index (χ4n) is 2.18. The second-order valence-corrected chi connectivity index (χ2v) is 6.59. The molecular weight excluding hydrogens is 310 g/mol. The van der Waals surface area contributed by atoms with Crippen LogP contribution < -0.4 is 9.73 Å². The van der Waals surface area contributed by atoms with Gasteiger partial charge in [0.15, 0.2) is 0 Å². The highest BCUT2D eigenvalue weighted by molar-refractivity contribution is 7.89. The molecule has 122 valence electrons. The molecule has 0 saturated heterocycles. The van der Waals surface area contributed by atoms with Gasteiger partial charge in [0.2, 0.25) is 0 Å². The van der Waals surface area contributed by atoms with Crippen molar-refractivity contribution in [2.75, 3.05) is 18.0 Å². The lowest BCUT2D eigenvalue weighted by Gasteiger charge is -2.20. The molecule has 0 bridgehead atoms. The van der Waals surface area contributed by atoms with Crippen LogP contribution in [0.1, 0.15) is 19.4 Å². The SMILES string of the molecule is CCN(CC)c1ccc(/C=N\NS(=O)(=O)c2ccccc2)cc1. The third kappa shape index (κ3) is 4.56. The van der Waals surface area contributed by atoms with E-state index in [0.29, 0.717) is 0 Å². The minimum atomic E-state index is -3.62. The average Bonchev–Trinajstić information content (AvgIpc) is 2.58. The summed E-state index contributed by atoms with van der Waals surface area (Å²) in [6.45, 7) is 6.11. The van der Waals surface area contributed by atoms with Crippen molar-refractivity contribution in [2.24, 2.45) is 5.10 Å². The van der Waals surface area contributed by atoms with Gasteiger partial charge < -0.3 is 4.90 Å². The zero-order valence-electron chi connectivity index (χ0n) is 13.3. The van der Waals surface area contributed by atoms with Gasteiger partial charge in [-0.05, 0) is 43.7 Å². The first-order valence-corrected chi connectivity index (χ1v) is 9.00. The van der Waals surface area contributed by atoms with E-state index < -0.39 is 10.0 Å². The standard InChI is InChI=1S/C17H21N3O2S/c1-3-20(4-2)16-12-10-15(11-13-16)14-18-19-23(21,22)17-8-6-5-7-9-17/h5-14,19H,3-4H2,1-2H3/b18-14-. The van der Waals surface area contributed by atoms with Crippen LogP contribution >= 0.6 is 0 Å². The van der Waals surface area contributed by atoms with Crippen molar-refractivity contribution in [3.63, 3.8) is 0 Å². The lowest BCUT2D eigenvalue weighted by Crippen LogP contribution is -2.21. The third-order valence-electron chi connectivity index (χ3n) is 3.46. The molecule has 0 amide bonds. The zero-order valence-corrected chi connectivity index (χ0v) is 14.1. The van der Waals surface area contributed by atoms with Crippen molar-refractivity contribution in [2.45, 2.75) is 18.7 Å². The van der Waals surface area contributed by atoms with Crippen molar-refractivity contribution in [3.8, 4) is 0 Å². The van der Waals surface area contributed by atoms with E-state index in [4.69, 9.17) is 0 Å². The molecule has 0 aliphatic heterocycles. The molecule has 0 atom stereocenters. The Morgan fingerprint density at radius 1 is 1.00 bits per heavy atom. The predicted octanol–water partition coefficient (Wildman–Crippen LogP) is 2.85. The highest BCUT2D eigenvalue weighted by Gasteiger charge is 2.10. The Morgan fingerprint density at radius 2 is 1.61 bits per heavy atom. The molecule has 0 heterocycles. The van der Waals surface area contributed by atoms with Gasteiger partial charge in [-0.25, -0.2) is 4.83 Å². The highest BCUT2D eigenvalue weighted by atomic mass is 32.2. The Kier molecular flexibility index (Phi) is 5.76. The van der Waals surface area contributed by atoms with Crippen LogP contribution in [0.4, 0.5) is 5.69 Å². The van der Waals surface area contributed by atoms with Gasteiger partial charge in [-0.1, -0.05) is 30.3 Å². The van der Waals surface area contributed by atoms with Gasteiger partial charge in [-0.3, -0.25) is 0 Å². The van der Waals surface area contributed by atoms with E-state index in [1.165, 1.54) is 18.3 Å². The van der Waals surface area contributed by atoms with E-state index >= 15 is 0 Å². The molecule has 0 unspecified atom stereocenters. The molecule has 0 spiro atoms. The molecule has 23 heavy (non-hydrogen) atoms. The molecular formula is C17H21N3O2S. The zero-order chi connectivity index (χ0) is 16.7. The molecule has 0 aromatic heterocycles. The van der Waals surface area contributed by atoms with Gasteiger partial charge in [0, 0.05) is 18.8 Å². The summed E-state index contributed by atoms with van der Waals surface area (Å²) >= 11 is 0. The monoisotopic (exact) mass is 331 g/mol. The maximum atomic E-state index is 12.0. The summed E-state index contributed by atoms with van der Waals surface area (Å²) in [5, 5.41) is 3.83. The van der Waals surface area contributed by atoms with E-state index in [1.807, 2.05) is 24.3 Å². The Hall–Kier alpha value is -2.34. The Bertz CT molecular complexity index is 737. The maximum absolute atomic E-state index is 12.0. The van der Waals surface area contributed by atoms with E-state index in [-0.39, 0.29) is 4.90 Å². The summed E-state index contributed by atoms with van der Waals surface area (Å²) in [6, 6.07) is 16.0. The minimum Gasteiger partial charge on any atom is -0.372 e. The number of nitrogens with zero attached hydrogens (tertiary/aromatic N) is 2. The van der Waals surface area contributed by atoms with Crippen LogP contribution in [-0.4, -0.2) is 27.7 Å². The molecule has 6 heteroatoms. The number of benzene rings is 2. The lowest BCUT2D eigenvalue weighted by atomic mass is 10.2. The average molecular weight is 331 g/mol. The number of hydrogen-bond acceptors (Lipinski definition) is 4. The summed E-state index contributed by atoms with van der Waals surface area (Å²) in [5.74, 6) is 0. The smallest absolute Gasteiger partial charge is 0.276 e. The molecule has 2 aromatic carbocycles. The molecule has 2 rings (SSSR count). The summed E-state index contributed by atoms with van der Waals surface area (Å²) in [4.78, 5) is 4.64. The van der Waals surface area contributed by atoms with Crippen LogP contribution in [0.25, 0.3) is 0 Å². The van der Waals surface area contributed by atoms with Crippen LogP contribution in [0.5, 0.6) is 0 Å². The van der Waals surface area contributed by atoms with Crippen molar-refractivity contribution in [3.05, 3.63) is 60.2 Å².